The fourth-order valence-electron chi connectivity index (χ4n) is 4.59. The molecule has 0 spiro atoms. The monoisotopic (exact) mass is 498 g/mol. The minimum atomic E-state index is -1.02. The molecule has 0 bridgehead atoms. The largest absolute Gasteiger partial charge is 0.507 e. The van der Waals surface area contributed by atoms with Gasteiger partial charge in [-0.1, -0.05) is 54.1 Å². The lowest BCUT2D eigenvalue weighted by atomic mass is 9.96. The van der Waals surface area contributed by atoms with Crippen LogP contribution < -0.4 is 4.90 Å². The standard InChI is InChI=1S/C29H23ClN2O4/c1-3-32-16-17(13-26(32)29(35)36)12-23-22-14-21(24(30)15-25(22)31(2)28(23)34)19-10-8-18(9-11-19)20-6-4-5-7-27(20)33/h4-16,33H,3H2,1-2H3,(H,35,36). The first kappa shape index (κ1) is 23.5. The van der Waals surface area contributed by atoms with Crippen molar-refractivity contribution in [1.82, 2.24) is 4.57 Å². The van der Waals surface area contributed by atoms with Gasteiger partial charge in [0.25, 0.3) is 5.91 Å². The number of anilines is 1. The van der Waals surface area contributed by atoms with Crippen LogP contribution in [0.3, 0.4) is 0 Å². The second-order valence-corrected chi connectivity index (χ2v) is 9.02. The molecule has 1 aliphatic rings. The topological polar surface area (TPSA) is 82.8 Å². The number of aromatic carboxylic acids is 1. The molecule has 4 aromatic rings. The van der Waals surface area contributed by atoms with Crippen LogP contribution in [0.4, 0.5) is 5.69 Å². The quantitative estimate of drug-likeness (QED) is 0.311. The van der Waals surface area contributed by atoms with Gasteiger partial charge in [0.2, 0.25) is 0 Å². The fraction of sp³-hybridized carbons (Fsp3) is 0.103. The number of carbonyl (C=O) groups is 2. The summed E-state index contributed by atoms with van der Waals surface area (Å²) in [4.78, 5) is 26.2. The van der Waals surface area contributed by atoms with Gasteiger partial charge in [-0.05, 0) is 54.0 Å². The number of nitrogens with zero attached hydrogens (tertiary/aromatic N) is 2. The first-order valence-electron chi connectivity index (χ1n) is 11.4. The average Bonchev–Trinajstić information content (AvgIpc) is 3.39. The number of likely N-dealkylation sites (N-methyl/N-ethyl adjacent to an activating group) is 1. The lowest BCUT2D eigenvalue weighted by Crippen LogP contribution is -2.20. The maximum atomic E-state index is 13.1. The number of hydrogen-bond donors (Lipinski definition) is 2. The molecule has 180 valence electrons. The minimum Gasteiger partial charge on any atom is -0.507 e. The molecule has 1 amide bonds. The summed E-state index contributed by atoms with van der Waals surface area (Å²) in [6.45, 7) is 2.37. The average molecular weight is 499 g/mol. The zero-order valence-electron chi connectivity index (χ0n) is 19.7. The molecule has 0 saturated heterocycles. The summed E-state index contributed by atoms with van der Waals surface area (Å²) >= 11 is 6.66. The van der Waals surface area contributed by atoms with E-state index in [1.807, 2.05) is 49.4 Å². The van der Waals surface area contributed by atoms with E-state index >= 15 is 0 Å². The van der Waals surface area contributed by atoms with Crippen molar-refractivity contribution in [3.63, 3.8) is 0 Å². The molecule has 0 atom stereocenters. The van der Waals surface area contributed by atoms with E-state index in [-0.39, 0.29) is 17.4 Å². The molecule has 2 heterocycles. The van der Waals surface area contributed by atoms with Crippen LogP contribution in [0, 0.1) is 0 Å². The number of halogens is 1. The third-order valence-electron chi connectivity index (χ3n) is 6.47. The zero-order chi connectivity index (χ0) is 25.6. The Kier molecular flexibility index (Phi) is 5.90. The molecule has 0 radical (unpaired) electrons. The summed E-state index contributed by atoms with van der Waals surface area (Å²) in [5.41, 5.74) is 5.96. The van der Waals surface area contributed by atoms with Gasteiger partial charge in [0, 0.05) is 42.1 Å². The Hall–Kier alpha value is -4.29. The highest BCUT2D eigenvalue weighted by molar-refractivity contribution is 6.38. The number of carbonyl (C=O) groups excluding carboxylic acids is 1. The van der Waals surface area contributed by atoms with Crippen molar-refractivity contribution in [2.24, 2.45) is 0 Å². The number of para-hydroxylation sites is 1. The number of carboxylic acids is 1. The summed E-state index contributed by atoms with van der Waals surface area (Å²) in [5, 5.41) is 20.2. The predicted molar refractivity (Wildman–Crippen MR) is 142 cm³/mol. The van der Waals surface area contributed by atoms with E-state index in [1.54, 1.807) is 53.1 Å². The molecule has 36 heavy (non-hydrogen) atoms. The fourth-order valence-corrected chi connectivity index (χ4v) is 4.86. The van der Waals surface area contributed by atoms with Crippen LogP contribution in [0.2, 0.25) is 5.02 Å². The number of aryl methyl sites for hydroxylation is 1. The first-order valence-corrected chi connectivity index (χ1v) is 11.8. The summed E-state index contributed by atoms with van der Waals surface area (Å²) in [6.07, 6.45) is 3.46. The van der Waals surface area contributed by atoms with Gasteiger partial charge in [0.1, 0.15) is 11.4 Å². The van der Waals surface area contributed by atoms with E-state index in [4.69, 9.17) is 11.6 Å². The van der Waals surface area contributed by atoms with Gasteiger partial charge in [-0.2, -0.15) is 0 Å². The molecule has 1 aromatic heterocycles. The van der Waals surface area contributed by atoms with E-state index in [2.05, 4.69) is 0 Å². The first-order chi connectivity index (χ1) is 17.3. The second kappa shape index (κ2) is 9.06. The van der Waals surface area contributed by atoms with Crippen LogP contribution in [0.25, 0.3) is 33.9 Å². The van der Waals surface area contributed by atoms with E-state index in [1.165, 1.54) is 0 Å². The van der Waals surface area contributed by atoms with Gasteiger partial charge in [-0.15, -0.1) is 0 Å². The van der Waals surface area contributed by atoms with Crippen LogP contribution in [0.1, 0.15) is 28.5 Å². The number of aromatic nitrogens is 1. The Balaban J connectivity index is 1.57. The normalized spacial score (nSPS) is 13.9. The van der Waals surface area contributed by atoms with E-state index in [0.717, 1.165) is 27.8 Å². The second-order valence-electron chi connectivity index (χ2n) is 8.62. The number of carboxylic acid groups (broad SMARTS) is 1. The minimum absolute atomic E-state index is 0.171. The molecule has 3 aromatic carbocycles. The van der Waals surface area contributed by atoms with E-state index in [0.29, 0.717) is 28.4 Å². The number of rotatable bonds is 5. The molecule has 0 unspecified atom stereocenters. The van der Waals surface area contributed by atoms with Crippen LogP contribution in [-0.4, -0.2) is 33.7 Å². The van der Waals surface area contributed by atoms with Crippen LogP contribution >= 0.6 is 11.6 Å². The van der Waals surface area contributed by atoms with Crippen molar-refractivity contribution in [3.05, 3.63) is 94.8 Å². The summed E-state index contributed by atoms with van der Waals surface area (Å²) < 4.78 is 1.64. The Morgan fingerprint density at radius 3 is 2.25 bits per heavy atom. The van der Waals surface area contributed by atoms with Gasteiger partial charge in [-0.3, -0.25) is 4.79 Å². The maximum absolute atomic E-state index is 13.1. The molecule has 0 saturated carbocycles. The smallest absolute Gasteiger partial charge is 0.352 e. The summed E-state index contributed by atoms with van der Waals surface area (Å²) in [5.74, 6) is -0.993. The highest BCUT2D eigenvalue weighted by Crippen LogP contribution is 2.43. The summed E-state index contributed by atoms with van der Waals surface area (Å²) in [6, 6.07) is 20.1. The molecule has 1 aliphatic heterocycles. The van der Waals surface area contributed by atoms with E-state index in [9.17, 15) is 19.8 Å². The van der Waals surface area contributed by atoms with Crippen molar-refractivity contribution in [2.45, 2.75) is 13.5 Å². The highest BCUT2D eigenvalue weighted by atomic mass is 35.5. The van der Waals surface area contributed by atoms with Crippen LogP contribution in [0.15, 0.2) is 72.9 Å². The Morgan fingerprint density at radius 1 is 0.972 bits per heavy atom. The summed E-state index contributed by atoms with van der Waals surface area (Å²) in [7, 11) is 1.69. The van der Waals surface area contributed by atoms with Crippen LogP contribution in [-0.2, 0) is 11.3 Å². The Labute approximate surface area is 213 Å². The number of phenolic OH excluding ortho intramolecular Hbond substituents is 1. The van der Waals surface area contributed by atoms with Gasteiger partial charge in [0.05, 0.1) is 10.7 Å². The highest BCUT2D eigenvalue weighted by Gasteiger charge is 2.31. The lowest BCUT2D eigenvalue weighted by molar-refractivity contribution is -0.112. The zero-order valence-corrected chi connectivity index (χ0v) is 20.5. The number of phenols is 1. The van der Waals surface area contributed by atoms with Gasteiger partial charge >= 0.3 is 5.97 Å². The predicted octanol–water partition coefficient (Wildman–Crippen LogP) is 6.42. The number of fused-ring (bicyclic) bond motifs is 1. The molecule has 6 nitrogen and oxygen atoms in total. The third kappa shape index (κ3) is 3.95. The Morgan fingerprint density at radius 2 is 1.64 bits per heavy atom. The van der Waals surface area contributed by atoms with Crippen LogP contribution in [0.5, 0.6) is 5.75 Å². The number of benzene rings is 3. The number of aromatic hydroxyl groups is 1. The SMILES string of the molecule is CCn1cc(C=C2C(=O)N(C)c3cc(Cl)c(-c4ccc(-c5ccccc5O)cc4)cc32)cc1C(=O)O. The molecule has 7 heteroatoms. The van der Waals surface area contributed by atoms with E-state index < -0.39 is 5.97 Å². The molecular formula is C29H23ClN2O4. The maximum Gasteiger partial charge on any atom is 0.352 e. The molecule has 5 rings (SSSR count). The molecule has 0 aliphatic carbocycles. The molecule has 2 N–H and O–H groups in total. The van der Waals surface area contributed by atoms with Crippen molar-refractivity contribution in [3.8, 4) is 28.0 Å². The van der Waals surface area contributed by atoms with Gasteiger partial charge in [-0.25, -0.2) is 4.79 Å². The van der Waals surface area contributed by atoms with Crippen molar-refractivity contribution in [1.29, 1.82) is 0 Å². The molecule has 0 fully saturated rings. The van der Waals surface area contributed by atoms with Gasteiger partial charge < -0.3 is 19.7 Å². The third-order valence-corrected chi connectivity index (χ3v) is 6.78. The molecular weight excluding hydrogens is 476 g/mol. The Bertz CT molecular complexity index is 1550. The number of amides is 1. The van der Waals surface area contributed by atoms with Crippen molar-refractivity contribution < 1.29 is 19.8 Å². The lowest BCUT2D eigenvalue weighted by Gasteiger charge is -2.12. The van der Waals surface area contributed by atoms with Crippen molar-refractivity contribution >= 4 is 40.8 Å². The van der Waals surface area contributed by atoms with Gasteiger partial charge in [0.15, 0.2) is 0 Å². The van der Waals surface area contributed by atoms with Crippen molar-refractivity contribution in [2.75, 3.05) is 11.9 Å². The number of hydrogen-bond acceptors (Lipinski definition) is 3.